The van der Waals surface area contributed by atoms with Gasteiger partial charge in [-0.3, -0.25) is 9.59 Å². The zero-order chi connectivity index (χ0) is 19.2. The van der Waals surface area contributed by atoms with E-state index in [4.69, 9.17) is 0 Å². The van der Waals surface area contributed by atoms with E-state index in [2.05, 4.69) is 16.8 Å². The maximum absolute atomic E-state index is 12.8. The molecule has 0 aliphatic heterocycles. The molecular weight excluding hydrogens is 376 g/mol. The van der Waals surface area contributed by atoms with Crippen LogP contribution >= 0.6 is 23.1 Å². The first-order valence-corrected chi connectivity index (χ1v) is 10.3. The number of carbonyl (C=O) groups is 2. The molecule has 4 nitrogen and oxygen atoms in total. The van der Waals surface area contributed by atoms with Crippen molar-refractivity contribution in [3.63, 3.8) is 0 Å². The molecule has 3 aromatic rings. The molecule has 1 N–H and O–H groups in total. The summed E-state index contributed by atoms with van der Waals surface area (Å²) in [6.45, 7) is 0. The Labute approximate surface area is 167 Å². The number of thiophene rings is 1. The van der Waals surface area contributed by atoms with E-state index in [1.807, 2.05) is 30.3 Å². The normalized spacial score (nSPS) is 10.4. The minimum atomic E-state index is -0.182. The van der Waals surface area contributed by atoms with Crippen molar-refractivity contribution in [2.75, 3.05) is 19.4 Å². The fourth-order valence-electron chi connectivity index (χ4n) is 2.51. The van der Waals surface area contributed by atoms with Gasteiger partial charge >= 0.3 is 0 Å². The fraction of sp³-hybridized carbons (Fsp3) is 0.143. The Balaban J connectivity index is 1.75. The lowest BCUT2D eigenvalue weighted by Crippen LogP contribution is -2.22. The number of anilines is 1. The van der Waals surface area contributed by atoms with Gasteiger partial charge in [-0.25, -0.2) is 0 Å². The van der Waals surface area contributed by atoms with Crippen molar-refractivity contribution in [2.45, 2.75) is 10.6 Å². The van der Waals surface area contributed by atoms with Crippen LogP contribution in [0.2, 0.25) is 0 Å². The first-order chi connectivity index (χ1) is 13.0. The average molecular weight is 397 g/mol. The van der Waals surface area contributed by atoms with Gasteiger partial charge in [0.15, 0.2) is 0 Å². The molecule has 2 aromatic carbocycles. The quantitative estimate of drug-likeness (QED) is 0.597. The lowest BCUT2D eigenvalue weighted by atomic mass is 10.1. The molecule has 0 spiro atoms. The van der Waals surface area contributed by atoms with Gasteiger partial charge in [-0.05, 0) is 41.8 Å². The van der Waals surface area contributed by atoms with E-state index in [-0.39, 0.29) is 11.8 Å². The topological polar surface area (TPSA) is 49.4 Å². The minimum absolute atomic E-state index is 0.0991. The van der Waals surface area contributed by atoms with Crippen LogP contribution in [0.1, 0.15) is 25.6 Å². The molecule has 0 aliphatic rings. The Bertz CT molecular complexity index is 937. The van der Waals surface area contributed by atoms with Gasteiger partial charge in [-0.15, -0.1) is 23.1 Å². The van der Waals surface area contributed by atoms with Gasteiger partial charge in [-0.2, -0.15) is 0 Å². The third-order valence-electron chi connectivity index (χ3n) is 3.86. The summed E-state index contributed by atoms with van der Waals surface area (Å²) >= 11 is 3.35. The van der Waals surface area contributed by atoms with E-state index in [9.17, 15) is 9.59 Å². The standard InChI is InChI=1S/C21H20N2O2S2/c1-23(2)21(25)15-7-5-8-16(13-15)22-20(24)18-10-3-4-11-19(18)27-14-17-9-6-12-26-17/h3-13H,14H2,1-2H3,(H,22,24). The van der Waals surface area contributed by atoms with Crippen molar-refractivity contribution in [3.8, 4) is 0 Å². The van der Waals surface area contributed by atoms with E-state index < -0.39 is 0 Å². The van der Waals surface area contributed by atoms with Crippen LogP contribution in [-0.2, 0) is 5.75 Å². The van der Waals surface area contributed by atoms with Gasteiger partial charge in [0.1, 0.15) is 0 Å². The van der Waals surface area contributed by atoms with Crippen molar-refractivity contribution in [1.29, 1.82) is 0 Å². The van der Waals surface area contributed by atoms with E-state index in [1.165, 1.54) is 9.78 Å². The number of amides is 2. The largest absolute Gasteiger partial charge is 0.345 e. The third-order valence-corrected chi connectivity index (χ3v) is 6.04. The predicted octanol–water partition coefficient (Wildman–Crippen LogP) is 4.99. The Morgan fingerprint density at radius 3 is 2.59 bits per heavy atom. The second-order valence-corrected chi connectivity index (χ2v) is 8.15. The van der Waals surface area contributed by atoms with Crippen LogP contribution in [0.15, 0.2) is 70.9 Å². The summed E-state index contributed by atoms with van der Waals surface area (Å²) in [6.07, 6.45) is 0. The maximum Gasteiger partial charge on any atom is 0.256 e. The van der Waals surface area contributed by atoms with E-state index in [1.54, 1.807) is 61.5 Å². The highest BCUT2D eigenvalue weighted by atomic mass is 32.2. The number of benzene rings is 2. The highest BCUT2D eigenvalue weighted by molar-refractivity contribution is 7.98. The lowest BCUT2D eigenvalue weighted by Gasteiger charge is -2.13. The number of rotatable bonds is 6. The van der Waals surface area contributed by atoms with Gasteiger partial charge < -0.3 is 10.2 Å². The molecule has 138 valence electrons. The summed E-state index contributed by atoms with van der Waals surface area (Å²) in [4.78, 5) is 28.6. The summed E-state index contributed by atoms with van der Waals surface area (Å²) in [5.74, 6) is 0.547. The van der Waals surface area contributed by atoms with Gasteiger partial charge in [0.25, 0.3) is 11.8 Å². The van der Waals surface area contributed by atoms with Crippen LogP contribution in [0.25, 0.3) is 0 Å². The summed E-state index contributed by atoms with van der Waals surface area (Å²) < 4.78 is 0. The molecule has 1 heterocycles. The van der Waals surface area contributed by atoms with Crippen LogP contribution in [-0.4, -0.2) is 30.8 Å². The van der Waals surface area contributed by atoms with E-state index >= 15 is 0 Å². The molecule has 0 saturated heterocycles. The molecule has 0 aliphatic carbocycles. The average Bonchev–Trinajstić information content (AvgIpc) is 3.19. The van der Waals surface area contributed by atoms with E-state index in [0.717, 1.165) is 10.6 Å². The number of carbonyl (C=O) groups excluding carboxylic acids is 2. The number of hydrogen-bond acceptors (Lipinski definition) is 4. The van der Waals surface area contributed by atoms with Crippen LogP contribution in [0.3, 0.4) is 0 Å². The zero-order valence-corrected chi connectivity index (χ0v) is 16.8. The fourth-order valence-corrected chi connectivity index (χ4v) is 4.33. The first kappa shape index (κ1) is 19.2. The first-order valence-electron chi connectivity index (χ1n) is 8.42. The number of nitrogens with zero attached hydrogens (tertiary/aromatic N) is 1. The third kappa shape index (κ3) is 4.99. The molecule has 0 unspecified atom stereocenters. The van der Waals surface area contributed by atoms with Crippen LogP contribution in [0, 0.1) is 0 Å². The molecule has 3 rings (SSSR count). The van der Waals surface area contributed by atoms with Crippen molar-refractivity contribution < 1.29 is 9.59 Å². The van der Waals surface area contributed by atoms with Gasteiger partial charge in [0.2, 0.25) is 0 Å². The SMILES string of the molecule is CN(C)C(=O)c1cccc(NC(=O)c2ccccc2SCc2cccs2)c1. The highest BCUT2D eigenvalue weighted by Crippen LogP contribution is 2.28. The molecular formula is C21H20N2O2S2. The van der Waals surface area contributed by atoms with Crippen LogP contribution < -0.4 is 5.32 Å². The smallest absolute Gasteiger partial charge is 0.256 e. The second-order valence-electron chi connectivity index (χ2n) is 6.10. The molecule has 0 radical (unpaired) electrons. The molecule has 0 atom stereocenters. The van der Waals surface area contributed by atoms with Gasteiger partial charge in [0.05, 0.1) is 5.56 Å². The number of hydrogen-bond donors (Lipinski definition) is 1. The minimum Gasteiger partial charge on any atom is -0.345 e. The molecule has 0 bridgehead atoms. The summed E-state index contributed by atoms with van der Waals surface area (Å²) in [5.41, 5.74) is 1.77. The Morgan fingerprint density at radius 1 is 1.04 bits per heavy atom. The molecule has 0 fully saturated rings. The zero-order valence-electron chi connectivity index (χ0n) is 15.1. The molecule has 1 aromatic heterocycles. The Hall–Kier alpha value is -2.57. The number of thioether (sulfide) groups is 1. The highest BCUT2D eigenvalue weighted by Gasteiger charge is 2.14. The van der Waals surface area contributed by atoms with Crippen LogP contribution in [0.5, 0.6) is 0 Å². The van der Waals surface area contributed by atoms with Gasteiger partial charge in [0, 0.05) is 40.9 Å². The Kier molecular flexibility index (Phi) is 6.32. The van der Waals surface area contributed by atoms with Crippen molar-refractivity contribution in [1.82, 2.24) is 4.90 Å². The molecule has 27 heavy (non-hydrogen) atoms. The monoisotopic (exact) mass is 396 g/mol. The maximum atomic E-state index is 12.8. The van der Waals surface area contributed by atoms with Gasteiger partial charge in [-0.1, -0.05) is 24.3 Å². The van der Waals surface area contributed by atoms with E-state index in [0.29, 0.717) is 16.8 Å². The summed E-state index contributed by atoms with van der Waals surface area (Å²) in [5, 5.41) is 4.96. The van der Waals surface area contributed by atoms with Crippen molar-refractivity contribution >= 4 is 40.6 Å². The Morgan fingerprint density at radius 2 is 1.85 bits per heavy atom. The molecule has 0 saturated carbocycles. The lowest BCUT2D eigenvalue weighted by molar-refractivity contribution is 0.0827. The molecule has 2 amide bonds. The summed E-state index contributed by atoms with van der Waals surface area (Å²) in [6, 6.07) is 18.7. The molecule has 6 heteroatoms. The predicted molar refractivity (Wildman–Crippen MR) is 113 cm³/mol. The van der Waals surface area contributed by atoms with Crippen LogP contribution in [0.4, 0.5) is 5.69 Å². The number of nitrogens with one attached hydrogen (secondary N) is 1. The van der Waals surface area contributed by atoms with Crippen molar-refractivity contribution in [3.05, 3.63) is 82.0 Å². The second kappa shape index (κ2) is 8.88. The van der Waals surface area contributed by atoms with Crippen molar-refractivity contribution in [2.24, 2.45) is 0 Å². The summed E-state index contributed by atoms with van der Waals surface area (Å²) in [7, 11) is 3.41.